The van der Waals surface area contributed by atoms with Crippen LogP contribution in [0.5, 0.6) is 0 Å². The summed E-state index contributed by atoms with van der Waals surface area (Å²) in [5, 5.41) is 29.1. The Morgan fingerprint density at radius 3 is 2.19 bits per heavy atom. The zero-order valence-corrected chi connectivity index (χ0v) is 7.94. The fraction of sp³-hybridized carbons (Fsp3) is 0.143. The van der Waals surface area contributed by atoms with Crippen LogP contribution >= 0.6 is 0 Å². The molecule has 0 spiro atoms. The second-order valence-corrected chi connectivity index (χ2v) is 2.64. The fourth-order valence-corrected chi connectivity index (χ4v) is 1.03. The first kappa shape index (κ1) is 11.8. The number of hydrogen-bond donors (Lipinski definition) is 2. The van der Waals surface area contributed by atoms with Gasteiger partial charge in [-0.05, 0) is 17.3 Å². The molecule has 0 saturated carbocycles. The van der Waals surface area contributed by atoms with Crippen molar-refractivity contribution in [3.8, 4) is 0 Å². The highest BCUT2D eigenvalue weighted by atomic mass is 16.7. The predicted octanol–water partition coefficient (Wildman–Crippen LogP) is 0.0473. The van der Waals surface area contributed by atoms with E-state index in [0.29, 0.717) is 5.12 Å². The highest BCUT2D eigenvalue weighted by Gasteiger charge is 2.17. The first-order chi connectivity index (χ1) is 7.56. The number of nitrogens with zero attached hydrogens (tertiary/aromatic N) is 3. The van der Waals surface area contributed by atoms with Crippen molar-refractivity contribution >= 4 is 11.4 Å². The summed E-state index contributed by atoms with van der Waals surface area (Å²) in [5.41, 5.74) is 1.97. The molecule has 86 valence electrons. The van der Waals surface area contributed by atoms with Gasteiger partial charge in [-0.3, -0.25) is 10.1 Å². The van der Waals surface area contributed by atoms with Gasteiger partial charge in [0.15, 0.2) is 5.03 Å². The highest BCUT2D eigenvalue weighted by Crippen LogP contribution is 2.17. The maximum Gasteiger partial charge on any atom is 0.269 e. The Kier molecular flexibility index (Phi) is 3.69. The molecule has 0 saturated heterocycles. The van der Waals surface area contributed by atoms with Crippen LogP contribution < -0.4 is 10.5 Å². The summed E-state index contributed by atoms with van der Waals surface area (Å²) < 4.78 is 0. The number of nitro benzene ring substituents is 1. The van der Waals surface area contributed by atoms with E-state index in [1.165, 1.54) is 12.1 Å². The summed E-state index contributed by atoms with van der Waals surface area (Å²) in [6, 6.07) is 4.66. The lowest BCUT2D eigenvalue weighted by Gasteiger charge is -2.12. The van der Waals surface area contributed by atoms with E-state index in [-0.39, 0.29) is 11.4 Å². The summed E-state index contributed by atoms with van der Waals surface area (Å²) in [6.45, 7) is -0.627. The summed E-state index contributed by atoms with van der Waals surface area (Å²) in [5.74, 6) is 0. The van der Waals surface area contributed by atoms with Crippen molar-refractivity contribution in [3.05, 3.63) is 44.5 Å². The summed E-state index contributed by atoms with van der Waals surface area (Å²) in [6.07, 6.45) is 0. The second-order valence-electron chi connectivity index (χ2n) is 2.64. The summed E-state index contributed by atoms with van der Waals surface area (Å²) >= 11 is 0. The summed E-state index contributed by atoms with van der Waals surface area (Å²) in [4.78, 5) is 20.3. The molecule has 0 heterocycles. The molecule has 0 atom stereocenters. The van der Waals surface area contributed by atoms with Crippen molar-refractivity contribution in [2.45, 2.75) is 0 Å². The average Bonchev–Trinajstić information content (AvgIpc) is 2.25. The number of nitrogens with one attached hydrogen (secondary N) is 1. The van der Waals surface area contributed by atoms with Gasteiger partial charge in [0.2, 0.25) is 0 Å². The van der Waals surface area contributed by atoms with Gasteiger partial charge in [0, 0.05) is 12.1 Å². The third-order valence-corrected chi connectivity index (χ3v) is 1.69. The first-order valence-electron chi connectivity index (χ1n) is 4.09. The van der Waals surface area contributed by atoms with E-state index in [9.17, 15) is 20.2 Å². The van der Waals surface area contributed by atoms with E-state index in [0.717, 1.165) is 12.1 Å². The molecule has 2 N–H and O–H groups in total. The van der Waals surface area contributed by atoms with Crippen LogP contribution in [0.2, 0.25) is 0 Å². The van der Waals surface area contributed by atoms with Crippen LogP contribution in [0.1, 0.15) is 0 Å². The zero-order chi connectivity index (χ0) is 12.1. The number of rotatable bonds is 5. The molecule has 1 aromatic carbocycles. The van der Waals surface area contributed by atoms with Crippen LogP contribution in [0.3, 0.4) is 0 Å². The molecule has 16 heavy (non-hydrogen) atoms. The van der Waals surface area contributed by atoms with E-state index < -0.39 is 16.7 Å². The molecule has 1 aromatic rings. The molecule has 0 radical (unpaired) electrons. The smallest absolute Gasteiger partial charge is 0.269 e. The van der Waals surface area contributed by atoms with Gasteiger partial charge < -0.3 is 5.11 Å². The standard InChI is InChI=1S/C7H8N4O5/c12-5-8-9(11(15)16)6-1-3-7(4-2-6)10(13)14/h1-4,8,12H,5H2. The van der Waals surface area contributed by atoms with Crippen molar-refractivity contribution in [3.63, 3.8) is 0 Å². The molecule has 0 aliphatic rings. The second kappa shape index (κ2) is 5.00. The van der Waals surface area contributed by atoms with Crippen LogP contribution in [0.15, 0.2) is 24.3 Å². The van der Waals surface area contributed by atoms with Gasteiger partial charge in [-0.1, -0.05) is 0 Å². The molecule has 0 fully saturated rings. The minimum atomic E-state index is -0.794. The van der Waals surface area contributed by atoms with Gasteiger partial charge in [0.05, 0.1) is 4.92 Å². The van der Waals surface area contributed by atoms with E-state index in [2.05, 4.69) is 5.43 Å². The molecular formula is C7H8N4O5. The third-order valence-electron chi connectivity index (χ3n) is 1.69. The molecular weight excluding hydrogens is 220 g/mol. The minimum absolute atomic E-state index is 0.0738. The van der Waals surface area contributed by atoms with Gasteiger partial charge >= 0.3 is 0 Å². The van der Waals surface area contributed by atoms with Crippen molar-refractivity contribution < 1.29 is 15.1 Å². The van der Waals surface area contributed by atoms with Crippen LogP contribution in [0.25, 0.3) is 0 Å². The van der Waals surface area contributed by atoms with Crippen LogP contribution in [0.4, 0.5) is 11.4 Å². The predicted molar refractivity (Wildman–Crippen MR) is 52.8 cm³/mol. The minimum Gasteiger partial charge on any atom is -0.379 e. The largest absolute Gasteiger partial charge is 0.379 e. The lowest BCUT2D eigenvalue weighted by Crippen LogP contribution is -2.43. The fourth-order valence-electron chi connectivity index (χ4n) is 1.03. The third kappa shape index (κ3) is 2.62. The average molecular weight is 228 g/mol. The molecule has 9 heteroatoms. The lowest BCUT2D eigenvalue weighted by atomic mass is 10.3. The molecule has 0 aromatic heterocycles. The maximum absolute atomic E-state index is 10.5. The lowest BCUT2D eigenvalue weighted by molar-refractivity contribution is -0.504. The number of hydrogen-bond acceptors (Lipinski definition) is 6. The zero-order valence-electron chi connectivity index (χ0n) is 7.94. The van der Waals surface area contributed by atoms with Crippen LogP contribution in [-0.4, -0.2) is 21.8 Å². The van der Waals surface area contributed by atoms with Gasteiger partial charge in [0.1, 0.15) is 12.4 Å². The van der Waals surface area contributed by atoms with E-state index in [1.54, 1.807) is 0 Å². The molecule has 0 aliphatic carbocycles. The van der Waals surface area contributed by atoms with Crippen LogP contribution in [-0.2, 0) is 0 Å². The number of nitro groups is 2. The maximum atomic E-state index is 10.5. The van der Waals surface area contributed by atoms with Crippen molar-refractivity contribution in [2.75, 3.05) is 11.8 Å². The molecule has 1 rings (SSSR count). The molecule has 0 bridgehead atoms. The van der Waals surface area contributed by atoms with Crippen molar-refractivity contribution in [1.29, 1.82) is 0 Å². The van der Waals surface area contributed by atoms with Gasteiger partial charge in [-0.25, -0.2) is 10.1 Å². The van der Waals surface area contributed by atoms with Gasteiger partial charge in [-0.2, -0.15) is 0 Å². The Hall–Kier alpha value is -2.26. The van der Waals surface area contributed by atoms with Crippen LogP contribution in [0, 0.1) is 20.2 Å². The Bertz CT molecular complexity index is 392. The number of anilines is 1. The Morgan fingerprint density at radius 1 is 1.25 bits per heavy atom. The number of non-ortho nitro benzene ring substituents is 1. The Morgan fingerprint density at radius 2 is 1.81 bits per heavy atom. The Labute approximate surface area is 89.1 Å². The molecule has 0 unspecified atom stereocenters. The van der Waals surface area contributed by atoms with Gasteiger partial charge in [0.25, 0.3) is 5.69 Å². The quantitative estimate of drug-likeness (QED) is 0.414. The first-order valence-corrected chi connectivity index (χ1v) is 4.09. The number of hydrazine groups is 2. The normalized spacial score (nSPS) is 9.81. The van der Waals surface area contributed by atoms with Crippen molar-refractivity contribution in [2.24, 2.45) is 0 Å². The SMILES string of the molecule is O=[N+]([O-])c1ccc(N(NCO)[N+](=O)[O-])cc1. The van der Waals surface area contributed by atoms with Gasteiger partial charge in [-0.15, -0.1) is 5.43 Å². The molecule has 0 amide bonds. The van der Waals surface area contributed by atoms with E-state index >= 15 is 0 Å². The van der Waals surface area contributed by atoms with E-state index in [1.807, 2.05) is 0 Å². The number of aliphatic hydroxyl groups is 1. The highest BCUT2D eigenvalue weighted by molar-refractivity contribution is 5.47. The topological polar surface area (TPSA) is 122 Å². The van der Waals surface area contributed by atoms with E-state index in [4.69, 9.17) is 5.11 Å². The molecule has 0 aliphatic heterocycles. The Balaban J connectivity index is 2.94. The summed E-state index contributed by atoms with van der Waals surface area (Å²) in [7, 11) is 0. The monoisotopic (exact) mass is 228 g/mol. The van der Waals surface area contributed by atoms with Crippen molar-refractivity contribution in [1.82, 2.24) is 5.43 Å². The number of benzene rings is 1. The number of aliphatic hydroxyl groups excluding tert-OH is 1. The molecule has 9 nitrogen and oxygen atoms in total.